The fourth-order valence-corrected chi connectivity index (χ4v) is 3.89. The lowest BCUT2D eigenvalue weighted by Crippen LogP contribution is -2.32. The molecule has 0 saturated heterocycles. The topological polar surface area (TPSA) is 65.1 Å². The van der Waals surface area contributed by atoms with E-state index in [4.69, 9.17) is 14.2 Å². The van der Waals surface area contributed by atoms with E-state index in [1.165, 1.54) is 7.11 Å². The van der Waals surface area contributed by atoms with Crippen LogP contribution in [0.15, 0.2) is 103 Å². The van der Waals surface area contributed by atoms with E-state index in [0.717, 1.165) is 22.6 Å². The van der Waals surface area contributed by atoms with Gasteiger partial charge in [0.2, 0.25) is 0 Å². The van der Waals surface area contributed by atoms with E-state index < -0.39 is 0 Å². The van der Waals surface area contributed by atoms with Crippen molar-refractivity contribution < 1.29 is 23.8 Å². The number of methoxy groups -OCH3 is 2. The molecule has 0 heterocycles. The van der Waals surface area contributed by atoms with Gasteiger partial charge in [0.1, 0.15) is 17.2 Å². The fourth-order valence-electron chi connectivity index (χ4n) is 3.89. The highest BCUT2D eigenvalue weighted by molar-refractivity contribution is 5.94. The summed E-state index contributed by atoms with van der Waals surface area (Å²) in [5, 5.41) is 0. The second kappa shape index (κ2) is 12.4. The summed E-state index contributed by atoms with van der Waals surface area (Å²) < 4.78 is 16.0. The summed E-state index contributed by atoms with van der Waals surface area (Å²) in [6.45, 7) is 0.953. The third-order valence-electron chi connectivity index (χ3n) is 5.93. The average molecular weight is 496 g/mol. The van der Waals surface area contributed by atoms with Crippen molar-refractivity contribution in [3.05, 3.63) is 125 Å². The summed E-state index contributed by atoms with van der Waals surface area (Å²) in [5.41, 5.74) is 3.13. The second-order valence-corrected chi connectivity index (χ2v) is 8.46. The van der Waals surface area contributed by atoms with Crippen LogP contribution in [0, 0.1) is 0 Å². The number of hydrogen-bond acceptors (Lipinski definition) is 5. The molecule has 4 aromatic carbocycles. The van der Waals surface area contributed by atoms with E-state index in [0.29, 0.717) is 36.4 Å². The molecule has 37 heavy (non-hydrogen) atoms. The van der Waals surface area contributed by atoms with Crippen molar-refractivity contribution in [1.29, 1.82) is 0 Å². The lowest BCUT2D eigenvalue weighted by Gasteiger charge is -2.23. The molecule has 6 heteroatoms. The van der Waals surface area contributed by atoms with Gasteiger partial charge >= 0.3 is 5.97 Å². The number of hydrogen-bond donors (Lipinski definition) is 0. The van der Waals surface area contributed by atoms with Gasteiger partial charge in [-0.1, -0.05) is 48.5 Å². The van der Waals surface area contributed by atoms with Crippen molar-refractivity contribution in [2.24, 2.45) is 0 Å². The molecule has 0 bridgehead atoms. The van der Waals surface area contributed by atoms with Crippen LogP contribution < -0.4 is 9.47 Å². The molecule has 0 saturated carbocycles. The molecule has 4 aromatic rings. The maximum absolute atomic E-state index is 13.3. The number of rotatable bonds is 10. The van der Waals surface area contributed by atoms with E-state index in [1.54, 1.807) is 19.2 Å². The van der Waals surface area contributed by atoms with Crippen molar-refractivity contribution in [1.82, 2.24) is 4.90 Å². The molecule has 6 nitrogen and oxygen atoms in total. The van der Waals surface area contributed by atoms with Crippen molar-refractivity contribution in [3.63, 3.8) is 0 Å². The number of carbonyl (C=O) groups is 2. The third-order valence-corrected chi connectivity index (χ3v) is 5.93. The molecular weight excluding hydrogens is 466 g/mol. The van der Waals surface area contributed by atoms with Crippen LogP contribution in [-0.2, 0) is 17.7 Å². The summed E-state index contributed by atoms with van der Waals surface area (Å²) >= 11 is 0. The second-order valence-electron chi connectivity index (χ2n) is 8.46. The highest BCUT2D eigenvalue weighted by Gasteiger charge is 2.17. The molecule has 0 radical (unpaired) electrons. The van der Waals surface area contributed by atoms with E-state index >= 15 is 0 Å². The lowest BCUT2D eigenvalue weighted by molar-refractivity contribution is 0.0600. The first-order valence-corrected chi connectivity index (χ1v) is 12.0. The molecule has 0 aliphatic rings. The zero-order valence-corrected chi connectivity index (χ0v) is 20.9. The summed E-state index contributed by atoms with van der Waals surface area (Å²) in [4.78, 5) is 26.9. The summed E-state index contributed by atoms with van der Waals surface area (Å²) in [5.74, 6) is 1.72. The smallest absolute Gasteiger partial charge is 0.337 e. The largest absolute Gasteiger partial charge is 0.497 e. The Balaban J connectivity index is 1.44. The Morgan fingerprint density at radius 3 is 2.03 bits per heavy atom. The molecule has 0 N–H and O–H groups in total. The molecule has 0 spiro atoms. The van der Waals surface area contributed by atoms with Crippen molar-refractivity contribution >= 4 is 11.9 Å². The Morgan fingerprint density at radius 2 is 1.35 bits per heavy atom. The fraction of sp³-hybridized carbons (Fsp3) is 0.161. The molecule has 0 atom stereocenters. The number of benzene rings is 4. The first kappa shape index (κ1) is 25.5. The number of esters is 1. The minimum atomic E-state index is -0.386. The van der Waals surface area contributed by atoms with Gasteiger partial charge in [0.05, 0.1) is 19.8 Å². The molecule has 0 aromatic heterocycles. The van der Waals surface area contributed by atoms with Crippen LogP contribution in [0.3, 0.4) is 0 Å². The van der Waals surface area contributed by atoms with Gasteiger partial charge < -0.3 is 19.1 Å². The Bertz CT molecular complexity index is 1320. The number of nitrogens with zero attached hydrogens (tertiary/aromatic N) is 1. The van der Waals surface area contributed by atoms with Gasteiger partial charge in [-0.25, -0.2) is 4.79 Å². The molecule has 0 fully saturated rings. The quantitative estimate of drug-likeness (QED) is 0.247. The summed E-state index contributed by atoms with van der Waals surface area (Å²) in [7, 11) is 2.98. The molecule has 0 aliphatic heterocycles. The van der Waals surface area contributed by atoms with Crippen LogP contribution in [0.2, 0.25) is 0 Å². The number of ether oxygens (including phenoxy) is 3. The van der Waals surface area contributed by atoms with E-state index in [2.05, 4.69) is 0 Å². The van der Waals surface area contributed by atoms with E-state index in [1.807, 2.05) is 95.9 Å². The predicted octanol–water partition coefficient (Wildman–Crippen LogP) is 6.16. The molecule has 188 valence electrons. The lowest BCUT2D eigenvalue weighted by atomic mass is 10.1. The first-order chi connectivity index (χ1) is 18.1. The van der Waals surface area contributed by atoms with Crippen LogP contribution in [0.1, 0.15) is 31.8 Å². The van der Waals surface area contributed by atoms with E-state index in [-0.39, 0.29) is 11.9 Å². The average Bonchev–Trinajstić information content (AvgIpc) is 2.96. The van der Waals surface area contributed by atoms with E-state index in [9.17, 15) is 9.59 Å². The Kier molecular flexibility index (Phi) is 8.55. The summed E-state index contributed by atoms with van der Waals surface area (Å²) in [6.07, 6.45) is 0.679. The van der Waals surface area contributed by atoms with Gasteiger partial charge in [-0.15, -0.1) is 0 Å². The molecule has 0 aliphatic carbocycles. The minimum absolute atomic E-state index is 0.0457. The number of amides is 1. The maximum atomic E-state index is 13.3. The standard InChI is InChI=1S/C31H29NO5/c1-35-28-9-6-10-29(21-28)37-27-17-13-23(14-18-27)19-20-32(30(33)25-7-4-3-5-8-25)22-24-11-15-26(16-12-24)31(34)36-2/h3-18,21H,19-20,22H2,1-2H3. The van der Waals surface area contributed by atoms with Crippen LogP contribution in [0.5, 0.6) is 17.2 Å². The van der Waals surface area contributed by atoms with Gasteiger partial charge in [-0.3, -0.25) is 4.79 Å². The molecule has 4 rings (SSSR count). The van der Waals surface area contributed by atoms with Gasteiger partial charge in [-0.05, 0) is 66.1 Å². The van der Waals surface area contributed by atoms with Crippen LogP contribution >= 0.6 is 0 Å². The van der Waals surface area contributed by atoms with Crippen LogP contribution in [0.4, 0.5) is 0 Å². The molecule has 0 unspecified atom stereocenters. The third kappa shape index (κ3) is 6.98. The molecular formula is C31H29NO5. The maximum Gasteiger partial charge on any atom is 0.337 e. The number of carbonyl (C=O) groups excluding carboxylic acids is 2. The van der Waals surface area contributed by atoms with Gasteiger partial charge in [0, 0.05) is 24.7 Å². The first-order valence-electron chi connectivity index (χ1n) is 12.0. The zero-order chi connectivity index (χ0) is 26.0. The molecule has 1 amide bonds. The van der Waals surface area contributed by atoms with Crippen LogP contribution in [-0.4, -0.2) is 37.5 Å². The zero-order valence-electron chi connectivity index (χ0n) is 20.9. The monoisotopic (exact) mass is 495 g/mol. The minimum Gasteiger partial charge on any atom is -0.497 e. The van der Waals surface area contributed by atoms with Gasteiger partial charge in [-0.2, -0.15) is 0 Å². The Morgan fingerprint density at radius 1 is 0.676 bits per heavy atom. The Hall–Kier alpha value is -4.58. The van der Waals surface area contributed by atoms with Gasteiger partial charge in [0.25, 0.3) is 5.91 Å². The predicted molar refractivity (Wildman–Crippen MR) is 142 cm³/mol. The van der Waals surface area contributed by atoms with Gasteiger partial charge in [0.15, 0.2) is 0 Å². The summed E-state index contributed by atoms with van der Waals surface area (Å²) in [6, 6.07) is 31.7. The SMILES string of the molecule is COC(=O)c1ccc(CN(CCc2ccc(Oc3cccc(OC)c3)cc2)C(=O)c2ccccc2)cc1. The normalized spacial score (nSPS) is 10.4. The van der Waals surface area contributed by atoms with Crippen molar-refractivity contribution in [2.75, 3.05) is 20.8 Å². The Labute approximate surface area is 217 Å². The highest BCUT2D eigenvalue weighted by atomic mass is 16.5. The van der Waals surface area contributed by atoms with Crippen molar-refractivity contribution in [2.45, 2.75) is 13.0 Å². The van der Waals surface area contributed by atoms with Crippen LogP contribution in [0.25, 0.3) is 0 Å². The van der Waals surface area contributed by atoms with Crippen molar-refractivity contribution in [3.8, 4) is 17.2 Å². The highest BCUT2D eigenvalue weighted by Crippen LogP contribution is 2.25.